The lowest BCUT2D eigenvalue weighted by Crippen LogP contribution is -2.50. The molecule has 8 nitrogen and oxygen atoms in total. The number of imide groups is 1. The molecule has 5 rings (SSSR count). The summed E-state index contributed by atoms with van der Waals surface area (Å²) in [6.45, 7) is 1.75. The van der Waals surface area contributed by atoms with Crippen LogP contribution >= 0.6 is 11.3 Å². The van der Waals surface area contributed by atoms with E-state index >= 15 is 0 Å². The molecule has 2 aliphatic rings. The Labute approximate surface area is 206 Å². The van der Waals surface area contributed by atoms with E-state index in [0.717, 1.165) is 0 Å². The number of hydrogen-bond acceptors (Lipinski definition) is 6. The summed E-state index contributed by atoms with van der Waals surface area (Å²) in [6.07, 6.45) is 0. The van der Waals surface area contributed by atoms with Crippen molar-refractivity contribution in [2.45, 2.75) is 6.54 Å². The summed E-state index contributed by atoms with van der Waals surface area (Å²) < 4.78 is 5.43. The first-order valence-electron chi connectivity index (χ1n) is 11.2. The van der Waals surface area contributed by atoms with Gasteiger partial charge >= 0.3 is 0 Å². The molecule has 1 aromatic heterocycles. The second-order valence-electron chi connectivity index (χ2n) is 8.34. The minimum atomic E-state index is -0.346. The third kappa shape index (κ3) is 4.19. The molecule has 35 heavy (non-hydrogen) atoms. The highest BCUT2D eigenvalue weighted by Gasteiger charge is 2.35. The molecule has 1 saturated heterocycles. The summed E-state index contributed by atoms with van der Waals surface area (Å²) in [5.41, 5.74) is 1.78. The van der Waals surface area contributed by atoms with Gasteiger partial charge < -0.3 is 14.5 Å². The first-order valence-corrected chi connectivity index (χ1v) is 12.1. The van der Waals surface area contributed by atoms with Crippen LogP contribution in [0, 0.1) is 0 Å². The van der Waals surface area contributed by atoms with Crippen LogP contribution in [0.25, 0.3) is 0 Å². The zero-order chi connectivity index (χ0) is 24.5. The molecular weight excluding hydrogens is 466 g/mol. The van der Waals surface area contributed by atoms with Crippen LogP contribution in [0.5, 0.6) is 5.75 Å². The smallest absolute Gasteiger partial charge is 0.264 e. The normalized spacial score (nSPS) is 15.4. The van der Waals surface area contributed by atoms with E-state index in [2.05, 4.69) is 0 Å². The summed E-state index contributed by atoms with van der Waals surface area (Å²) in [4.78, 5) is 56.8. The molecule has 0 atom stereocenters. The summed E-state index contributed by atoms with van der Waals surface area (Å²) in [5, 5.41) is 1.87. The molecule has 0 spiro atoms. The maximum Gasteiger partial charge on any atom is 0.264 e. The third-order valence-corrected chi connectivity index (χ3v) is 7.16. The van der Waals surface area contributed by atoms with Crippen molar-refractivity contribution < 1.29 is 23.9 Å². The van der Waals surface area contributed by atoms with Crippen LogP contribution in [0.2, 0.25) is 0 Å². The SMILES string of the molecule is COc1ccc(CN2C(=O)c3ccccc3C2=O)cc1C(=O)N1CCN(C(=O)c2cccs2)CC1. The molecule has 0 aliphatic carbocycles. The number of ether oxygens (including phenoxy) is 1. The highest BCUT2D eigenvalue weighted by atomic mass is 32.1. The molecule has 0 saturated carbocycles. The number of fused-ring (bicyclic) bond motifs is 1. The molecule has 1 fully saturated rings. The zero-order valence-electron chi connectivity index (χ0n) is 19.1. The van der Waals surface area contributed by atoms with Gasteiger partial charge in [-0.15, -0.1) is 11.3 Å². The monoisotopic (exact) mass is 489 g/mol. The van der Waals surface area contributed by atoms with Crippen molar-refractivity contribution in [1.82, 2.24) is 14.7 Å². The van der Waals surface area contributed by atoms with Crippen LogP contribution in [-0.2, 0) is 6.54 Å². The third-order valence-electron chi connectivity index (χ3n) is 6.30. The molecule has 4 amide bonds. The second kappa shape index (κ2) is 9.34. The molecule has 2 aromatic carbocycles. The molecule has 2 aliphatic heterocycles. The van der Waals surface area contributed by atoms with Gasteiger partial charge in [0.15, 0.2) is 0 Å². The number of carbonyl (C=O) groups is 4. The fourth-order valence-electron chi connectivity index (χ4n) is 4.42. The van der Waals surface area contributed by atoms with Crippen molar-refractivity contribution in [1.29, 1.82) is 0 Å². The van der Waals surface area contributed by atoms with Gasteiger partial charge in [-0.3, -0.25) is 24.1 Å². The fraction of sp³-hybridized carbons (Fsp3) is 0.231. The van der Waals surface area contributed by atoms with E-state index in [0.29, 0.717) is 59.1 Å². The predicted molar refractivity (Wildman–Crippen MR) is 130 cm³/mol. The number of benzene rings is 2. The maximum absolute atomic E-state index is 13.4. The summed E-state index contributed by atoms with van der Waals surface area (Å²) in [5.74, 6) is -0.512. The Balaban J connectivity index is 1.31. The Morgan fingerprint density at radius 2 is 1.49 bits per heavy atom. The van der Waals surface area contributed by atoms with Crippen LogP contribution in [0.15, 0.2) is 60.0 Å². The maximum atomic E-state index is 13.4. The lowest BCUT2D eigenvalue weighted by Gasteiger charge is -2.34. The Bertz CT molecular complexity index is 1280. The number of nitrogens with zero attached hydrogens (tertiary/aromatic N) is 3. The number of amides is 4. The molecule has 178 valence electrons. The number of carbonyl (C=O) groups excluding carboxylic acids is 4. The van der Waals surface area contributed by atoms with E-state index in [1.807, 2.05) is 11.4 Å². The molecule has 3 aromatic rings. The molecule has 0 radical (unpaired) electrons. The predicted octanol–water partition coefficient (Wildman–Crippen LogP) is 3.15. The summed E-state index contributed by atoms with van der Waals surface area (Å²) in [7, 11) is 1.49. The Kier molecular flexibility index (Phi) is 6.08. The Morgan fingerprint density at radius 3 is 2.06 bits per heavy atom. The van der Waals surface area contributed by atoms with E-state index < -0.39 is 0 Å². The second-order valence-corrected chi connectivity index (χ2v) is 9.29. The minimum Gasteiger partial charge on any atom is -0.496 e. The largest absolute Gasteiger partial charge is 0.496 e. The van der Waals surface area contributed by atoms with Crippen LogP contribution in [-0.4, -0.2) is 71.6 Å². The lowest BCUT2D eigenvalue weighted by molar-refractivity contribution is 0.0536. The van der Waals surface area contributed by atoms with E-state index in [1.54, 1.807) is 58.3 Å². The zero-order valence-corrected chi connectivity index (χ0v) is 19.9. The number of rotatable bonds is 5. The molecule has 0 N–H and O–H groups in total. The number of piperazine rings is 1. The van der Waals surface area contributed by atoms with Gasteiger partial charge in [0.05, 0.1) is 35.2 Å². The molecule has 0 unspecified atom stereocenters. The molecule has 3 heterocycles. The number of thiophene rings is 1. The van der Waals surface area contributed by atoms with Crippen LogP contribution in [0.3, 0.4) is 0 Å². The highest BCUT2D eigenvalue weighted by molar-refractivity contribution is 7.12. The average Bonchev–Trinajstić information content (AvgIpc) is 3.52. The van der Waals surface area contributed by atoms with Gasteiger partial charge in [-0.25, -0.2) is 0 Å². The highest BCUT2D eigenvalue weighted by Crippen LogP contribution is 2.27. The van der Waals surface area contributed by atoms with Gasteiger partial charge in [0.25, 0.3) is 23.6 Å². The van der Waals surface area contributed by atoms with Crippen molar-refractivity contribution in [3.8, 4) is 5.75 Å². The van der Waals surface area contributed by atoms with E-state index in [-0.39, 0.29) is 30.2 Å². The molecule has 9 heteroatoms. The van der Waals surface area contributed by atoms with Gasteiger partial charge in [0.1, 0.15) is 5.75 Å². The van der Waals surface area contributed by atoms with E-state index in [9.17, 15) is 19.2 Å². The summed E-state index contributed by atoms with van der Waals surface area (Å²) in [6, 6.07) is 15.5. The van der Waals surface area contributed by atoms with Gasteiger partial charge in [0, 0.05) is 26.2 Å². The topological polar surface area (TPSA) is 87.2 Å². The van der Waals surface area contributed by atoms with Gasteiger partial charge in [0.2, 0.25) is 0 Å². The van der Waals surface area contributed by atoms with Crippen molar-refractivity contribution in [2.24, 2.45) is 0 Å². The molecular formula is C26H23N3O5S. The Morgan fingerprint density at radius 1 is 0.857 bits per heavy atom. The van der Waals surface area contributed by atoms with Crippen LogP contribution < -0.4 is 4.74 Å². The van der Waals surface area contributed by atoms with Crippen molar-refractivity contribution in [3.63, 3.8) is 0 Å². The first-order chi connectivity index (χ1) is 17.0. The minimum absolute atomic E-state index is 0.0207. The van der Waals surface area contributed by atoms with Crippen molar-refractivity contribution in [2.75, 3.05) is 33.3 Å². The standard InChI is InChI=1S/C26H23N3O5S/c1-34-21-9-8-17(16-29-24(31)18-5-2-3-6-19(18)25(29)32)15-20(21)23(30)27-10-12-28(13-11-27)26(33)22-7-4-14-35-22/h2-9,14-15H,10-13,16H2,1H3. The van der Waals surface area contributed by atoms with Crippen molar-refractivity contribution in [3.05, 3.63) is 87.1 Å². The fourth-order valence-corrected chi connectivity index (χ4v) is 5.12. The lowest BCUT2D eigenvalue weighted by atomic mass is 10.1. The van der Waals surface area contributed by atoms with Gasteiger partial charge in [-0.1, -0.05) is 24.3 Å². The number of hydrogen-bond donors (Lipinski definition) is 0. The average molecular weight is 490 g/mol. The quantitative estimate of drug-likeness (QED) is 0.514. The van der Waals surface area contributed by atoms with E-state index in [1.165, 1.54) is 23.3 Å². The summed E-state index contributed by atoms with van der Waals surface area (Å²) >= 11 is 1.40. The van der Waals surface area contributed by atoms with Gasteiger partial charge in [-0.05, 0) is 41.3 Å². The first kappa shape index (κ1) is 22.8. The molecule has 0 bridgehead atoms. The van der Waals surface area contributed by atoms with Crippen molar-refractivity contribution >= 4 is 35.0 Å². The van der Waals surface area contributed by atoms with E-state index in [4.69, 9.17) is 4.74 Å². The Hall–Kier alpha value is -3.98. The van der Waals surface area contributed by atoms with Crippen LogP contribution in [0.4, 0.5) is 0 Å². The number of methoxy groups -OCH3 is 1. The van der Waals surface area contributed by atoms with Crippen LogP contribution in [0.1, 0.15) is 46.3 Å². The van der Waals surface area contributed by atoms with Gasteiger partial charge in [-0.2, -0.15) is 0 Å².